The quantitative estimate of drug-likeness (QED) is 0.746. The van der Waals surface area contributed by atoms with Crippen LogP contribution in [0.5, 0.6) is 0 Å². The molecule has 94 valence electrons. The van der Waals surface area contributed by atoms with Crippen molar-refractivity contribution in [2.75, 3.05) is 0 Å². The highest BCUT2D eigenvalue weighted by molar-refractivity contribution is 4.93. The van der Waals surface area contributed by atoms with Crippen LogP contribution in [-0.2, 0) is 0 Å². The summed E-state index contributed by atoms with van der Waals surface area (Å²) in [6, 6.07) is 1.57. The summed E-state index contributed by atoms with van der Waals surface area (Å²) in [6.45, 7) is 9.72. The molecule has 2 rings (SSSR count). The lowest BCUT2D eigenvalue weighted by molar-refractivity contribution is 0.189. The second kappa shape index (κ2) is 4.68. The van der Waals surface area contributed by atoms with Crippen molar-refractivity contribution in [2.24, 2.45) is 17.3 Å². The van der Waals surface area contributed by atoms with Gasteiger partial charge in [0.1, 0.15) is 0 Å². The van der Waals surface area contributed by atoms with Gasteiger partial charge in [-0.2, -0.15) is 0 Å². The highest BCUT2D eigenvalue weighted by Crippen LogP contribution is 2.39. The third kappa shape index (κ3) is 2.80. The number of nitrogens with one attached hydrogen (secondary N) is 1. The molecule has 0 bridgehead atoms. The highest BCUT2D eigenvalue weighted by atomic mass is 15.0. The first kappa shape index (κ1) is 12.4. The molecule has 2 aliphatic carbocycles. The second-order valence-electron chi connectivity index (χ2n) is 7.21. The van der Waals surface area contributed by atoms with Crippen molar-refractivity contribution in [3.05, 3.63) is 0 Å². The Morgan fingerprint density at radius 3 is 2.12 bits per heavy atom. The van der Waals surface area contributed by atoms with E-state index in [0.717, 1.165) is 23.9 Å². The Morgan fingerprint density at radius 1 is 1.00 bits per heavy atom. The first-order valence-electron chi connectivity index (χ1n) is 7.23. The topological polar surface area (TPSA) is 12.0 Å². The molecule has 0 aliphatic heterocycles. The zero-order chi connectivity index (χ0) is 11.8. The average molecular weight is 223 g/mol. The van der Waals surface area contributed by atoms with Crippen LogP contribution < -0.4 is 5.32 Å². The Balaban J connectivity index is 1.89. The van der Waals surface area contributed by atoms with E-state index >= 15 is 0 Å². The van der Waals surface area contributed by atoms with Gasteiger partial charge in [-0.25, -0.2) is 0 Å². The van der Waals surface area contributed by atoms with Gasteiger partial charge in [-0.05, 0) is 49.4 Å². The van der Waals surface area contributed by atoms with E-state index in [4.69, 9.17) is 0 Å². The van der Waals surface area contributed by atoms with E-state index in [1.165, 1.54) is 38.5 Å². The molecule has 0 amide bonds. The van der Waals surface area contributed by atoms with Crippen LogP contribution in [0.3, 0.4) is 0 Å². The van der Waals surface area contributed by atoms with Crippen LogP contribution in [0, 0.1) is 17.3 Å². The van der Waals surface area contributed by atoms with Crippen LogP contribution in [0.1, 0.15) is 66.2 Å². The summed E-state index contributed by atoms with van der Waals surface area (Å²) < 4.78 is 0. The van der Waals surface area contributed by atoms with Crippen LogP contribution in [0.4, 0.5) is 0 Å². The molecule has 3 unspecified atom stereocenters. The summed E-state index contributed by atoms with van der Waals surface area (Å²) in [5.41, 5.74) is 0.532. The maximum Gasteiger partial charge on any atom is 0.0121 e. The second-order valence-corrected chi connectivity index (χ2v) is 7.21. The van der Waals surface area contributed by atoms with Crippen molar-refractivity contribution in [1.82, 2.24) is 5.32 Å². The molecule has 2 aliphatic rings. The lowest BCUT2D eigenvalue weighted by Gasteiger charge is -2.37. The molecule has 0 heterocycles. The van der Waals surface area contributed by atoms with Gasteiger partial charge in [0.05, 0.1) is 0 Å². The van der Waals surface area contributed by atoms with Crippen LogP contribution in [-0.4, -0.2) is 12.1 Å². The molecule has 2 saturated carbocycles. The first-order chi connectivity index (χ1) is 7.47. The molecule has 0 spiro atoms. The minimum atomic E-state index is 0.532. The fraction of sp³-hybridized carbons (Fsp3) is 1.00. The Kier molecular flexibility index (Phi) is 3.63. The van der Waals surface area contributed by atoms with E-state index < -0.39 is 0 Å². The maximum absolute atomic E-state index is 3.97. The number of rotatable bonds is 2. The minimum absolute atomic E-state index is 0.532. The van der Waals surface area contributed by atoms with Gasteiger partial charge in [0.25, 0.3) is 0 Å². The monoisotopic (exact) mass is 223 g/mol. The first-order valence-corrected chi connectivity index (χ1v) is 7.23. The maximum atomic E-state index is 3.97. The van der Waals surface area contributed by atoms with Gasteiger partial charge in [0, 0.05) is 12.1 Å². The summed E-state index contributed by atoms with van der Waals surface area (Å²) in [7, 11) is 0. The predicted molar refractivity (Wildman–Crippen MR) is 70.5 cm³/mol. The lowest BCUT2D eigenvalue weighted by atomic mass is 9.79. The van der Waals surface area contributed by atoms with Crippen LogP contribution >= 0.6 is 0 Å². The molecule has 3 atom stereocenters. The average Bonchev–Trinajstić information content (AvgIpc) is 2.44. The predicted octanol–water partition coefficient (Wildman–Crippen LogP) is 3.98. The standard InChI is InChI=1S/C15H29N/c1-11-8-12(2)10-13(9-11)16-14-6-5-7-15(14,3)4/h11-14,16H,5-10H2,1-4H3. The Morgan fingerprint density at radius 2 is 1.62 bits per heavy atom. The van der Waals surface area contributed by atoms with E-state index in [2.05, 4.69) is 33.0 Å². The zero-order valence-electron chi connectivity index (χ0n) is 11.6. The third-order valence-electron chi connectivity index (χ3n) is 4.87. The number of hydrogen-bond acceptors (Lipinski definition) is 1. The molecule has 1 nitrogen and oxygen atoms in total. The van der Waals surface area contributed by atoms with Crippen molar-refractivity contribution in [3.8, 4) is 0 Å². The molecule has 1 N–H and O–H groups in total. The molecule has 0 saturated heterocycles. The molecule has 0 aromatic carbocycles. The molecule has 2 fully saturated rings. The Labute approximate surface area is 101 Å². The Bertz CT molecular complexity index is 224. The summed E-state index contributed by atoms with van der Waals surface area (Å²) in [4.78, 5) is 0. The van der Waals surface area contributed by atoms with Crippen molar-refractivity contribution >= 4 is 0 Å². The van der Waals surface area contributed by atoms with Crippen molar-refractivity contribution < 1.29 is 0 Å². The Hall–Kier alpha value is -0.0400. The van der Waals surface area contributed by atoms with Gasteiger partial charge in [-0.1, -0.05) is 34.1 Å². The summed E-state index contributed by atoms with van der Waals surface area (Å²) in [5, 5.41) is 3.97. The van der Waals surface area contributed by atoms with Crippen LogP contribution in [0.15, 0.2) is 0 Å². The summed E-state index contributed by atoms with van der Waals surface area (Å²) >= 11 is 0. The van der Waals surface area contributed by atoms with E-state index in [1.807, 2.05) is 0 Å². The van der Waals surface area contributed by atoms with Gasteiger partial charge in [-0.15, -0.1) is 0 Å². The van der Waals surface area contributed by atoms with Gasteiger partial charge in [0.2, 0.25) is 0 Å². The van der Waals surface area contributed by atoms with E-state index in [1.54, 1.807) is 0 Å². The molecule has 16 heavy (non-hydrogen) atoms. The molecule has 0 aromatic rings. The summed E-state index contributed by atoms with van der Waals surface area (Å²) in [6.07, 6.45) is 8.46. The van der Waals surface area contributed by atoms with E-state index in [0.29, 0.717) is 5.41 Å². The number of hydrogen-bond donors (Lipinski definition) is 1. The molecular weight excluding hydrogens is 194 g/mol. The van der Waals surface area contributed by atoms with Crippen LogP contribution in [0.2, 0.25) is 0 Å². The largest absolute Gasteiger partial charge is 0.311 e. The van der Waals surface area contributed by atoms with Crippen molar-refractivity contribution in [2.45, 2.75) is 78.3 Å². The van der Waals surface area contributed by atoms with Gasteiger partial charge < -0.3 is 5.32 Å². The van der Waals surface area contributed by atoms with Crippen molar-refractivity contribution in [1.29, 1.82) is 0 Å². The smallest absolute Gasteiger partial charge is 0.0121 e. The normalized spacial score (nSPS) is 43.5. The van der Waals surface area contributed by atoms with E-state index in [-0.39, 0.29) is 0 Å². The van der Waals surface area contributed by atoms with Crippen molar-refractivity contribution in [3.63, 3.8) is 0 Å². The minimum Gasteiger partial charge on any atom is -0.311 e. The molecule has 1 heteroatoms. The lowest BCUT2D eigenvalue weighted by Crippen LogP contribution is -2.46. The van der Waals surface area contributed by atoms with Gasteiger partial charge >= 0.3 is 0 Å². The molecular formula is C15H29N. The molecule has 0 radical (unpaired) electrons. The fourth-order valence-electron chi connectivity index (χ4n) is 4.00. The highest BCUT2D eigenvalue weighted by Gasteiger charge is 2.36. The summed E-state index contributed by atoms with van der Waals surface area (Å²) in [5.74, 6) is 1.84. The zero-order valence-corrected chi connectivity index (χ0v) is 11.6. The fourth-order valence-corrected chi connectivity index (χ4v) is 4.00. The van der Waals surface area contributed by atoms with E-state index in [9.17, 15) is 0 Å². The molecule has 0 aromatic heterocycles. The van der Waals surface area contributed by atoms with Gasteiger partial charge in [-0.3, -0.25) is 0 Å². The third-order valence-corrected chi connectivity index (χ3v) is 4.87. The SMILES string of the molecule is CC1CC(C)CC(NC2CCCC2(C)C)C1. The van der Waals surface area contributed by atoms with Crippen LogP contribution in [0.25, 0.3) is 0 Å². The van der Waals surface area contributed by atoms with Gasteiger partial charge in [0.15, 0.2) is 0 Å².